The van der Waals surface area contributed by atoms with Crippen LogP contribution in [0.5, 0.6) is 5.75 Å². The summed E-state index contributed by atoms with van der Waals surface area (Å²) in [6.07, 6.45) is 0. The second kappa shape index (κ2) is 6.88. The van der Waals surface area contributed by atoms with E-state index in [-0.39, 0.29) is 6.04 Å². The molecule has 0 amide bonds. The fourth-order valence-electron chi connectivity index (χ4n) is 1.98. The van der Waals surface area contributed by atoms with Crippen LogP contribution in [-0.2, 0) is 0 Å². The molecule has 19 heavy (non-hydrogen) atoms. The summed E-state index contributed by atoms with van der Waals surface area (Å²) < 4.78 is 7.67. The molecule has 1 unspecified atom stereocenters. The maximum absolute atomic E-state index is 5.51. The molecule has 1 atom stereocenters. The number of halogens is 2. The van der Waals surface area contributed by atoms with Crippen molar-refractivity contribution in [3.8, 4) is 5.75 Å². The SMILES string of the molecule is CCNC(c1ccc(Br)cc1OC)c1sccc1Br. The molecule has 0 saturated carbocycles. The van der Waals surface area contributed by atoms with Crippen molar-refractivity contribution in [1.29, 1.82) is 0 Å². The van der Waals surface area contributed by atoms with E-state index in [9.17, 15) is 0 Å². The molecule has 0 fully saturated rings. The van der Waals surface area contributed by atoms with Gasteiger partial charge in [0.2, 0.25) is 0 Å². The van der Waals surface area contributed by atoms with E-state index in [1.165, 1.54) is 4.88 Å². The summed E-state index contributed by atoms with van der Waals surface area (Å²) in [5, 5.41) is 5.61. The molecule has 1 heterocycles. The number of hydrogen-bond donors (Lipinski definition) is 1. The normalized spacial score (nSPS) is 12.4. The zero-order valence-corrected chi connectivity index (χ0v) is 14.7. The molecular formula is C14H15Br2NOS. The highest BCUT2D eigenvalue weighted by molar-refractivity contribution is 9.10. The van der Waals surface area contributed by atoms with Crippen molar-refractivity contribution >= 4 is 43.2 Å². The Morgan fingerprint density at radius 2 is 2.11 bits per heavy atom. The highest BCUT2D eigenvalue weighted by atomic mass is 79.9. The number of nitrogens with one attached hydrogen (secondary N) is 1. The summed E-state index contributed by atoms with van der Waals surface area (Å²) in [6, 6.07) is 8.37. The number of ether oxygens (including phenoxy) is 1. The molecule has 102 valence electrons. The number of methoxy groups -OCH3 is 1. The van der Waals surface area contributed by atoms with Crippen LogP contribution in [0.1, 0.15) is 23.4 Å². The Morgan fingerprint density at radius 3 is 2.68 bits per heavy atom. The lowest BCUT2D eigenvalue weighted by molar-refractivity contribution is 0.404. The smallest absolute Gasteiger partial charge is 0.125 e. The Labute approximate surface area is 134 Å². The van der Waals surface area contributed by atoms with E-state index in [1.807, 2.05) is 12.1 Å². The summed E-state index contributed by atoms with van der Waals surface area (Å²) in [5.41, 5.74) is 1.15. The van der Waals surface area contributed by atoms with Crippen LogP contribution in [0.3, 0.4) is 0 Å². The largest absolute Gasteiger partial charge is 0.496 e. The summed E-state index contributed by atoms with van der Waals surface area (Å²) in [5.74, 6) is 0.889. The minimum absolute atomic E-state index is 0.141. The van der Waals surface area contributed by atoms with E-state index in [2.05, 4.69) is 61.6 Å². The molecule has 0 saturated heterocycles. The van der Waals surface area contributed by atoms with Crippen LogP contribution in [0, 0.1) is 0 Å². The van der Waals surface area contributed by atoms with Crippen molar-refractivity contribution in [3.05, 3.63) is 49.0 Å². The fourth-order valence-corrected chi connectivity index (χ4v) is 4.02. The monoisotopic (exact) mass is 403 g/mol. The van der Waals surface area contributed by atoms with E-state index >= 15 is 0 Å². The molecule has 5 heteroatoms. The Balaban J connectivity index is 2.48. The van der Waals surface area contributed by atoms with Crippen LogP contribution < -0.4 is 10.1 Å². The number of rotatable bonds is 5. The van der Waals surface area contributed by atoms with Gasteiger partial charge in [0.15, 0.2) is 0 Å². The predicted octanol–water partition coefficient (Wildman–Crippen LogP) is 4.98. The lowest BCUT2D eigenvalue weighted by Gasteiger charge is -2.20. The van der Waals surface area contributed by atoms with E-state index in [0.29, 0.717) is 0 Å². The van der Waals surface area contributed by atoms with Crippen LogP contribution in [0.2, 0.25) is 0 Å². The summed E-state index contributed by atoms with van der Waals surface area (Å²) in [7, 11) is 1.71. The standard InChI is InChI=1S/C14H15Br2NOS/c1-3-17-13(14-11(16)6-7-19-14)10-5-4-9(15)8-12(10)18-2/h4-8,13,17H,3H2,1-2H3. The maximum atomic E-state index is 5.51. The highest BCUT2D eigenvalue weighted by Crippen LogP contribution is 2.37. The zero-order chi connectivity index (χ0) is 13.8. The lowest BCUT2D eigenvalue weighted by atomic mass is 10.0. The maximum Gasteiger partial charge on any atom is 0.125 e. The van der Waals surface area contributed by atoms with Gasteiger partial charge in [0, 0.05) is 19.4 Å². The second-order valence-electron chi connectivity index (χ2n) is 4.01. The molecule has 1 aromatic heterocycles. The van der Waals surface area contributed by atoms with E-state index in [1.54, 1.807) is 18.4 Å². The molecule has 0 radical (unpaired) electrons. The number of hydrogen-bond acceptors (Lipinski definition) is 3. The molecule has 1 N–H and O–H groups in total. The van der Waals surface area contributed by atoms with Gasteiger partial charge in [0.25, 0.3) is 0 Å². The third-order valence-electron chi connectivity index (χ3n) is 2.82. The predicted molar refractivity (Wildman–Crippen MR) is 88.2 cm³/mol. The molecule has 0 bridgehead atoms. The number of benzene rings is 1. The third kappa shape index (κ3) is 3.40. The van der Waals surface area contributed by atoms with Gasteiger partial charge in [-0.3, -0.25) is 0 Å². The Morgan fingerprint density at radius 1 is 1.32 bits per heavy atom. The minimum atomic E-state index is 0.141. The van der Waals surface area contributed by atoms with Gasteiger partial charge >= 0.3 is 0 Å². The molecule has 0 spiro atoms. The van der Waals surface area contributed by atoms with Gasteiger partial charge in [-0.2, -0.15) is 0 Å². The fraction of sp³-hybridized carbons (Fsp3) is 0.286. The molecule has 2 aromatic rings. The van der Waals surface area contributed by atoms with E-state index in [0.717, 1.165) is 26.8 Å². The summed E-state index contributed by atoms with van der Waals surface area (Å²) in [6.45, 7) is 3.01. The Hall–Kier alpha value is -0.360. The van der Waals surface area contributed by atoms with Gasteiger partial charge in [0.05, 0.1) is 13.2 Å². The van der Waals surface area contributed by atoms with Crippen molar-refractivity contribution in [1.82, 2.24) is 5.32 Å². The number of thiophene rings is 1. The highest BCUT2D eigenvalue weighted by Gasteiger charge is 2.20. The summed E-state index contributed by atoms with van der Waals surface area (Å²) in [4.78, 5) is 1.27. The van der Waals surface area contributed by atoms with Crippen LogP contribution in [0.25, 0.3) is 0 Å². The lowest BCUT2D eigenvalue weighted by Crippen LogP contribution is -2.22. The van der Waals surface area contributed by atoms with Gasteiger partial charge in [-0.15, -0.1) is 11.3 Å². The molecule has 2 rings (SSSR count). The average Bonchev–Trinajstić information content (AvgIpc) is 2.82. The van der Waals surface area contributed by atoms with Crippen LogP contribution >= 0.6 is 43.2 Å². The minimum Gasteiger partial charge on any atom is -0.496 e. The van der Waals surface area contributed by atoms with Crippen LogP contribution in [0.15, 0.2) is 38.6 Å². The van der Waals surface area contributed by atoms with Crippen molar-refractivity contribution in [3.63, 3.8) is 0 Å². The quantitative estimate of drug-likeness (QED) is 0.758. The molecule has 1 aromatic carbocycles. The Bertz CT molecular complexity index is 556. The average molecular weight is 405 g/mol. The van der Waals surface area contributed by atoms with Gasteiger partial charge in [-0.1, -0.05) is 28.9 Å². The first-order valence-corrected chi connectivity index (χ1v) is 8.43. The second-order valence-corrected chi connectivity index (χ2v) is 6.73. The van der Waals surface area contributed by atoms with Gasteiger partial charge in [-0.05, 0) is 46.1 Å². The molecule has 0 aliphatic carbocycles. The van der Waals surface area contributed by atoms with Gasteiger partial charge < -0.3 is 10.1 Å². The summed E-state index contributed by atoms with van der Waals surface area (Å²) >= 11 is 8.84. The Kier molecular flexibility index (Phi) is 5.45. The van der Waals surface area contributed by atoms with Crippen molar-refractivity contribution in [2.75, 3.05) is 13.7 Å². The first-order chi connectivity index (χ1) is 9.17. The molecular weight excluding hydrogens is 390 g/mol. The van der Waals surface area contributed by atoms with Crippen molar-refractivity contribution in [2.45, 2.75) is 13.0 Å². The zero-order valence-electron chi connectivity index (χ0n) is 10.7. The van der Waals surface area contributed by atoms with Crippen molar-refractivity contribution in [2.24, 2.45) is 0 Å². The molecule has 2 nitrogen and oxygen atoms in total. The third-order valence-corrected chi connectivity index (χ3v) is 5.25. The first kappa shape index (κ1) is 15.0. The van der Waals surface area contributed by atoms with Crippen LogP contribution in [-0.4, -0.2) is 13.7 Å². The van der Waals surface area contributed by atoms with E-state index in [4.69, 9.17) is 4.74 Å². The van der Waals surface area contributed by atoms with Gasteiger partial charge in [-0.25, -0.2) is 0 Å². The first-order valence-electron chi connectivity index (χ1n) is 5.97. The van der Waals surface area contributed by atoms with Crippen molar-refractivity contribution < 1.29 is 4.74 Å². The van der Waals surface area contributed by atoms with Gasteiger partial charge in [0.1, 0.15) is 5.75 Å². The van der Waals surface area contributed by atoms with Crippen LogP contribution in [0.4, 0.5) is 0 Å². The van der Waals surface area contributed by atoms with E-state index < -0.39 is 0 Å². The molecule has 0 aliphatic rings. The molecule has 0 aliphatic heterocycles. The topological polar surface area (TPSA) is 21.3 Å².